The number of aliphatic hydroxyl groups excluding tert-OH is 1. The second-order valence-electron chi connectivity index (χ2n) is 6.97. The first-order valence-electron chi connectivity index (χ1n) is 8.78. The van der Waals surface area contributed by atoms with E-state index >= 15 is 0 Å². The third-order valence-electron chi connectivity index (χ3n) is 5.27. The fourth-order valence-corrected chi connectivity index (χ4v) is 3.85. The van der Waals surface area contributed by atoms with E-state index in [4.69, 9.17) is 0 Å². The molecule has 0 aliphatic carbocycles. The van der Waals surface area contributed by atoms with Crippen molar-refractivity contribution in [3.63, 3.8) is 0 Å². The number of nitrogens with zero attached hydrogens (tertiary/aromatic N) is 2. The summed E-state index contributed by atoms with van der Waals surface area (Å²) in [5, 5.41) is 19.3. The van der Waals surface area contributed by atoms with Crippen molar-refractivity contribution in [3.05, 3.63) is 39.4 Å². The molecule has 0 spiro atoms. The minimum atomic E-state index is -1.32. The van der Waals surface area contributed by atoms with Gasteiger partial charge in [-0.25, -0.2) is 9.18 Å². The molecule has 1 fully saturated rings. The summed E-state index contributed by atoms with van der Waals surface area (Å²) in [6.07, 6.45) is 1.47. The van der Waals surface area contributed by atoms with Crippen LogP contribution in [0.15, 0.2) is 17.1 Å². The van der Waals surface area contributed by atoms with Gasteiger partial charge in [0.1, 0.15) is 11.4 Å². The Hall–Kier alpha value is -2.41. The summed E-state index contributed by atoms with van der Waals surface area (Å²) in [7, 11) is 0. The Morgan fingerprint density at radius 1 is 1.42 bits per heavy atom. The third-order valence-corrected chi connectivity index (χ3v) is 5.27. The van der Waals surface area contributed by atoms with Gasteiger partial charge >= 0.3 is 5.97 Å². The average molecular weight is 362 g/mol. The molecule has 0 unspecified atom stereocenters. The number of aryl methyl sites for hydroxylation is 2. The van der Waals surface area contributed by atoms with Crippen molar-refractivity contribution in [3.8, 4) is 0 Å². The topological polar surface area (TPSA) is 82.8 Å². The molecule has 1 aromatic carbocycles. The van der Waals surface area contributed by atoms with Gasteiger partial charge in [-0.1, -0.05) is 6.92 Å². The molecule has 0 amide bonds. The van der Waals surface area contributed by atoms with Crippen molar-refractivity contribution in [1.29, 1.82) is 0 Å². The Kier molecular flexibility index (Phi) is 4.75. The first kappa shape index (κ1) is 18.4. The molecule has 0 saturated carbocycles. The van der Waals surface area contributed by atoms with Crippen molar-refractivity contribution >= 4 is 22.6 Å². The number of hydrogen-bond donors (Lipinski definition) is 2. The van der Waals surface area contributed by atoms with Gasteiger partial charge in [0, 0.05) is 31.2 Å². The molecule has 2 heterocycles. The van der Waals surface area contributed by atoms with E-state index < -0.39 is 23.3 Å². The lowest BCUT2D eigenvalue weighted by Crippen LogP contribution is -2.42. The molecular formula is C19H23FN2O4. The third kappa shape index (κ3) is 2.86. The number of carboxylic acid groups (broad SMARTS) is 1. The second-order valence-corrected chi connectivity index (χ2v) is 6.97. The second kappa shape index (κ2) is 6.72. The highest BCUT2D eigenvalue weighted by Gasteiger charge is 2.28. The molecule has 2 aromatic rings. The average Bonchev–Trinajstić information content (AvgIpc) is 2.58. The van der Waals surface area contributed by atoms with Crippen LogP contribution in [0.3, 0.4) is 0 Å². The van der Waals surface area contributed by atoms with Gasteiger partial charge in [0.05, 0.1) is 17.3 Å². The van der Waals surface area contributed by atoms with E-state index in [0.29, 0.717) is 42.8 Å². The van der Waals surface area contributed by atoms with E-state index in [0.717, 1.165) is 6.07 Å². The van der Waals surface area contributed by atoms with E-state index in [9.17, 15) is 24.2 Å². The number of halogens is 1. The summed E-state index contributed by atoms with van der Waals surface area (Å²) in [4.78, 5) is 25.8. The molecule has 7 heteroatoms. The van der Waals surface area contributed by atoms with Gasteiger partial charge in [0.2, 0.25) is 5.43 Å². The Bertz CT molecular complexity index is 938. The van der Waals surface area contributed by atoms with Crippen molar-refractivity contribution in [1.82, 2.24) is 4.57 Å². The highest BCUT2D eigenvalue weighted by molar-refractivity contribution is 5.95. The first-order valence-corrected chi connectivity index (χ1v) is 8.78. The molecule has 0 bridgehead atoms. The number of rotatable bonds is 3. The van der Waals surface area contributed by atoms with Crippen LogP contribution in [0.1, 0.15) is 36.2 Å². The van der Waals surface area contributed by atoms with Crippen LogP contribution in [-0.4, -0.2) is 39.9 Å². The number of piperidine rings is 1. The van der Waals surface area contributed by atoms with E-state index in [1.165, 1.54) is 6.20 Å². The number of hydrogen-bond acceptors (Lipinski definition) is 4. The zero-order valence-corrected chi connectivity index (χ0v) is 15.1. The van der Waals surface area contributed by atoms with Crippen LogP contribution in [0.4, 0.5) is 10.1 Å². The number of benzene rings is 1. The Labute approximate surface area is 150 Å². The van der Waals surface area contributed by atoms with E-state index in [1.807, 2.05) is 18.7 Å². The number of anilines is 1. The number of carbonyl (C=O) groups is 1. The highest BCUT2D eigenvalue weighted by atomic mass is 19.1. The molecule has 1 saturated heterocycles. The van der Waals surface area contributed by atoms with Crippen LogP contribution >= 0.6 is 0 Å². The molecule has 1 aromatic heterocycles. The lowest BCUT2D eigenvalue weighted by molar-refractivity contribution is 0.0694. The van der Waals surface area contributed by atoms with Crippen LogP contribution in [-0.2, 0) is 6.54 Å². The van der Waals surface area contributed by atoms with Crippen LogP contribution in [0.2, 0.25) is 0 Å². The maximum Gasteiger partial charge on any atom is 0.341 e. The van der Waals surface area contributed by atoms with Gasteiger partial charge in [-0.2, -0.15) is 0 Å². The van der Waals surface area contributed by atoms with Gasteiger partial charge in [0.15, 0.2) is 0 Å². The first-order chi connectivity index (χ1) is 12.3. The predicted molar refractivity (Wildman–Crippen MR) is 97.5 cm³/mol. The number of pyridine rings is 1. The van der Waals surface area contributed by atoms with Gasteiger partial charge in [0.25, 0.3) is 0 Å². The number of carboxylic acids is 1. The molecule has 0 radical (unpaired) electrons. The summed E-state index contributed by atoms with van der Waals surface area (Å²) < 4.78 is 16.6. The molecule has 2 atom stereocenters. The van der Waals surface area contributed by atoms with E-state index in [1.54, 1.807) is 11.5 Å². The van der Waals surface area contributed by atoms with Gasteiger partial charge in [-0.15, -0.1) is 0 Å². The predicted octanol–water partition coefficient (Wildman–Crippen LogP) is 2.37. The highest BCUT2D eigenvalue weighted by Crippen LogP contribution is 2.33. The number of fused-ring (bicyclic) bond motifs is 1. The summed E-state index contributed by atoms with van der Waals surface area (Å²) in [5.41, 5.74) is 0.548. The van der Waals surface area contributed by atoms with Crippen LogP contribution in [0.5, 0.6) is 0 Å². The van der Waals surface area contributed by atoms with E-state index in [2.05, 4.69) is 0 Å². The zero-order chi connectivity index (χ0) is 19.2. The fraction of sp³-hybridized carbons (Fsp3) is 0.474. The van der Waals surface area contributed by atoms with Crippen LogP contribution in [0.25, 0.3) is 10.9 Å². The maximum atomic E-state index is 14.9. The fourth-order valence-electron chi connectivity index (χ4n) is 3.85. The molecule has 1 aliphatic heterocycles. The van der Waals surface area contributed by atoms with Crippen LogP contribution in [0, 0.1) is 18.7 Å². The van der Waals surface area contributed by atoms with Gasteiger partial charge < -0.3 is 19.7 Å². The Morgan fingerprint density at radius 3 is 2.69 bits per heavy atom. The number of aliphatic hydroxyl groups is 1. The minimum absolute atomic E-state index is 0.0148. The Balaban J connectivity index is 2.27. The standard InChI is InChI=1S/C19H23FN2O4/c1-4-21-9-13(19(25)26)18(24)12-7-14(20)17(11(3)16(12)21)22-6-5-15(23)10(2)8-22/h7,9-10,15,23H,4-6,8H2,1-3H3,(H,25,26)/t10-,15+/m0/s1. The normalized spacial score (nSPS) is 20.6. The van der Waals surface area contributed by atoms with Gasteiger partial charge in [-0.3, -0.25) is 4.79 Å². The number of aromatic nitrogens is 1. The summed E-state index contributed by atoms with van der Waals surface area (Å²) in [5.74, 6) is -1.85. The molecule has 140 valence electrons. The maximum absolute atomic E-state index is 14.9. The smallest absolute Gasteiger partial charge is 0.341 e. The quantitative estimate of drug-likeness (QED) is 0.876. The SMILES string of the molecule is CCn1cc(C(=O)O)c(=O)c2cc(F)c(N3CC[C@@H](O)[C@@H](C)C3)c(C)c21. The molecule has 26 heavy (non-hydrogen) atoms. The summed E-state index contributed by atoms with van der Waals surface area (Å²) in [6.45, 7) is 7.02. The van der Waals surface area contributed by atoms with Crippen molar-refractivity contribution in [2.24, 2.45) is 5.92 Å². The lowest BCUT2D eigenvalue weighted by Gasteiger charge is -2.37. The van der Waals surface area contributed by atoms with Crippen molar-refractivity contribution < 1.29 is 19.4 Å². The molecule has 6 nitrogen and oxygen atoms in total. The van der Waals surface area contributed by atoms with Gasteiger partial charge in [-0.05, 0) is 37.8 Å². The lowest BCUT2D eigenvalue weighted by atomic mass is 9.95. The molecule has 1 aliphatic rings. The van der Waals surface area contributed by atoms with Crippen LogP contribution < -0.4 is 10.3 Å². The largest absolute Gasteiger partial charge is 0.477 e. The summed E-state index contributed by atoms with van der Waals surface area (Å²) in [6, 6.07) is 1.15. The number of aromatic carboxylic acids is 1. The monoisotopic (exact) mass is 362 g/mol. The summed E-state index contributed by atoms with van der Waals surface area (Å²) >= 11 is 0. The molecule has 2 N–H and O–H groups in total. The minimum Gasteiger partial charge on any atom is -0.477 e. The Morgan fingerprint density at radius 2 is 2.12 bits per heavy atom. The zero-order valence-electron chi connectivity index (χ0n) is 15.1. The molecular weight excluding hydrogens is 339 g/mol. The van der Waals surface area contributed by atoms with Crippen molar-refractivity contribution in [2.75, 3.05) is 18.0 Å². The molecule has 3 rings (SSSR count). The van der Waals surface area contributed by atoms with E-state index in [-0.39, 0.29) is 16.9 Å². The van der Waals surface area contributed by atoms with Crippen molar-refractivity contribution in [2.45, 2.75) is 39.8 Å².